The Morgan fingerprint density at radius 1 is 1.73 bits per heavy atom. The number of hydrogen-bond acceptors (Lipinski definition) is 4. The first kappa shape index (κ1) is 12.4. The number of carboxylic acid groups (broad SMARTS) is 1. The van der Waals surface area contributed by atoms with Crippen molar-refractivity contribution >= 4 is 5.97 Å². The van der Waals surface area contributed by atoms with Gasteiger partial charge in [-0.2, -0.15) is 0 Å². The molecule has 0 amide bonds. The highest BCUT2D eigenvalue weighted by Crippen LogP contribution is 2.21. The minimum Gasteiger partial charge on any atom is -0.480 e. The van der Waals surface area contributed by atoms with Crippen LogP contribution >= 0.6 is 0 Å². The van der Waals surface area contributed by atoms with Crippen molar-refractivity contribution in [2.75, 3.05) is 26.9 Å². The van der Waals surface area contributed by atoms with Crippen LogP contribution in [0.4, 0.5) is 0 Å². The van der Waals surface area contributed by atoms with Crippen molar-refractivity contribution in [3.63, 3.8) is 0 Å². The Balaban J connectivity index is 2.42. The number of rotatable bonds is 6. The Bertz CT molecular complexity index is 213. The van der Waals surface area contributed by atoms with Gasteiger partial charge in [0.1, 0.15) is 11.6 Å². The van der Waals surface area contributed by atoms with E-state index in [-0.39, 0.29) is 5.60 Å². The van der Waals surface area contributed by atoms with Gasteiger partial charge in [0.25, 0.3) is 0 Å². The molecule has 1 fully saturated rings. The number of ether oxygens (including phenoxy) is 2. The zero-order chi connectivity index (χ0) is 11.3. The van der Waals surface area contributed by atoms with Crippen LogP contribution in [0.3, 0.4) is 0 Å². The van der Waals surface area contributed by atoms with Crippen molar-refractivity contribution in [1.82, 2.24) is 5.32 Å². The summed E-state index contributed by atoms with van der Waals surface area (Å²) >= 11 is 0. The molecule has 0 aliphatic carbocycles. The van der Waals surface area contributed by atoms with Gasteiger partial charge in [0.2, 0.25) is 0 Å². The van der Waals surface area contributed by atoms with Crippen molar-refractivity contribution in [3.8, 4) is 0 Å². The van der Waals surface area contributed by atoms with Gasteiger partial charge in [0.05, 0.1) is 6.61 Å². The highest BCUT2D eigenvalue weighted by atomic mass is 16.5. The maximum Gasteiger partial charge on any atom is 0.320 e. The zero-order valence-corrected chi connectivity index (χ0v) is 9.28. The molecule has 1 aliphatic heterocycles. The fourth-order valence-electron chi connectivity index (χ4n) is 1.68. The minimum atomic E-state index is -0.817. The van der Waals surface area contributed by atoms with E-state index in [0.29, 0.717) is 26.2 Å². The Morgan fingerprint density at radius 3 is 2.87 bits per heavy atom. The van der Waals surface area contributed by atoms with E-state index in [4.69, 9.17) is 14.6 Å². The van der Waals surface area contributed by atoms with E-state index >= 15 is 0 Å². The molecule has 1 heterocycles. The second kappa shape index (κ2) is 5.44. The molecule has 1 saturated heterocycles. The molecule has 1 rings (SSSR count). The maximum absolute atomic E-state index is 10.8. The van der Waals surface area contributed by atoms with Crippen LogP contribution in [0.25, 0.3) is 0 Å². The highest BCUT2D eigenvalue weighted by molar-refractivity contribution is 5.73. The summed E-state index contributed by atoms with van der Waals surface area (Å²) in [5.74, 6) is -0.817. The second-order valence-electron chi connectivity index (χ2n) is 3.87. The molecular weight excluding hydrogens is 198 g/mol. The van der Waals surface area contributed by atoms with Crippen LogP contribution in [0.2, 0.25) is 0 Å². The molecule has 0 aromatic rings. The Morgan fingerprint density at radius 2 is 2.47 bits per heavy atom. The SMILES string of the molecule is CCC(NCC1(OC)CCOC1)C(=O)O. The summed E-state index contributed by atoms with van der Waals surface area (Å²) in [6, 6.07) is -0.502. The van der Waals surface area contributed by atoms with Gasteiger partial charge in [-0.1, -0.05) is 6.92 Å². The van der Waals surface area contributed by atoms with Crippen LogP contribution in [-0.4, -0.2) is 49.6 Å². The van der Waals surface area contributed by atoms with Gasteiger partial charge in [-0.25, -0.2) is 0 Å². The highest BCUT2D eigenvalue weighted by Gasteiger charge is 2.35. The maximum atomic E-state index is 10.8. The summed E-state index contributed by atoms with van der Waals surface area (Å²) in [5.41, 5.74) is -0.344. The molecule has 0 bridgehead atoms. The second-order valence-corrected chi connectivity index (χ2v) is 3.87. The first-order valence-electron chi connectivity index (χ1n) is 5.22. The van der Waals surface area contributed by atoms with E-state index in [1.807, 2.05) is 6.92 Å². The number of carbonyl (C=O) groups is 1. The lowest BCUT2D eigenvalue weighted by molar-refractivity contribution is -0.140. The summed E-state index contributed by atoms with van der Waals surface area (Å²) in [7, 11) is 1.64. The average molecular weight is 217 g/mol. The lowest BCUT2D eigenvalue weighted by Gasteiger charge is -2.27. The topological polar surface area (TPSA) is 67.8 Å². The molecule has 5 heteroatoms. The van der Waals surface area contributed by atoms with Crippen LogP contribution in [0.1, 0.15) is 19.8 Å². The molecule has 2 atom stereocenters. The number of hydrogen-bond donors (Lipinski definition) is 2. The smallest absolute Gasteiger partial charge is 0.320 e. The molecule has 2 N–H and O–H groups in total. The predicted molar refractivity (Wildman–Crippen MR) is 54.9 cm³/mol. The molecule has 0 spiro atoms. The van der Waals surface area contributed by atoms with Gasteiger partial charge < -0.3 is 19.9 Å². The van der Waals surface area contributed by atoms with Crippen LogP contribution in [0.5, 0.6) is 0 Å². The normalized spacial score (nSPS) is 27.9. The van der Waals surface area contributed by atoms with Gasteiger partial charge in [-0.3, -0.25) is 4.79 Å². The standard InChI is InChI=1S/C10H19NO4/c1-3-8(9(12)13)11-6-10(14-2)4-5-15-7-10/h8,11H,3-7H2,1-2H3,(H,12,13). The van der Waals surface area contributed by atoms with Crippen molar-refractivity contribution in [1.29, 1.82) is 0 Å². The quantitative estimate of drug-likeness (QED) is 0.667. The molecule has 88 valence electrons. The molecule has 0 saturated carbocycles. The predicted octanol–water partition coefficient (Wildman–Crippen LogP) is 0.245. The molecule has 5 nitrogen and oxygen atoms in total. The van der Waals surface area contributed by atoms with Crippen molar-refractivity contribution < 1.29 is 19.4 Å². The molecule has 15 heavy (non-hydrogen) atoms. The van der Waals surface area contributed by atoms with E-state index in [0.717, 1.165) is 6.42 Å². The van der Waals surface area contributed by atoms with Gasteiger partial charge in [-0.05, 0) is 6.42 Å². The summed E-state index contributed by atoms with van der Waals surface area (Å²) in [6.07, 6.45) is 1.38. The summed E-state index contributed by atoms with van der Waals surface area (Å²) in [6.45, 7) is 3.58. The third kappa shape index (κ3) is 3.15. The lowest BCUT2D eigenvalue weighted by atomic mass is 10.0. The van der Waals surface area contributed by atoms with Crippen LogP contribution in [-0.2, 0) is 14.3 Å². The Hall–Kier alpha value is -0.650. The first-order chi connectivity index (χ1) is 7.13. The van der Waals surface area contributed by atoms with Gasteiger partial charge in [-0.15, -0.1) is 0 Å². The van der Waals surface area contributed by atoms with Crippen LogP contribution in [0, 0.1) is 0 Å². The molecule has 0 radical (unpaired) electrons. The largest absolute Gasteiger partial charge is 0.480 e. The number of nitrogens with one attached hydrogen (secondary N) is 1. The summed E-state index contributed by atoms with van der Waals surface area (Å²) in [4.78, 5) is 10.8. The van der Waals surface area contributed by atoms with Crippen molar-refractivity contribution in [2.24, 2.45) is 0 Å². The van der Waals surface area contributed by atoms with Gasteiger partial charge in [0.15, 0.2) is 0 Å². The minimum absolute atomic E-state index is 0.344. The zero-order valence-electron chi connectivity index (χ0n) is 9.28. The van der Waals surface area contributed by atoms with Crippen LogP contribution < -0.4 is 5.32 Å². The Labute approximate surface area is 89.8 Å². The number of methoxy groups -OCH3 is 1. The summed E-state index contributed by atoms with van der Waals surface area (Å²) in [5, 5.41) is 11.9. The van der Waals surface area contributed by atoms with Gasteiger partial charge in [0, 0.05) is 26.7 Å². The average Bonchev–Trinajstić information content (AvgIpc) is 2.68. The van der Waals surface area contributed by atoms with Crippen LogP contribution in [0.15, 0.2) is 0 Å². The van der Waals surface area contributed by atoms with E-state index in [1.165, 1.54) is 0 Å². The Kier molecular flexibility index (Phi) is 4.50. The molecule has 1 aliphatic rings. The van der Waals surface area contributed by atoms with Crippen molar-refractivity contribution in [3.05, 3.63) is 0 Å². The third-order valence-corrected chi connectivity index (χ3v) is 2.88. The van der Waals surface area contributed by atoms with E-state index in [1.54, 1.807) is 7.11 Å². The molecular formula is C10H19NO4. The van der Waals surface area contributed by atoms with E-state index in [2.05, 4.69) is 5.32 Å². The van der Waals surface area contributed by atoms with E-state index in [9.17, 15) is 4.79 Å². The molecule has 0 aromatic heterocycles. The van der Waals surface area contributed by atoms with Gasteiger partial charge >= 0.3 is 5.97 Å². The molecule has 2 unspecified atom stereocenters. The number of aliphatic carboxylic acids is 1. The summed E-state index contributed by atoms with van der Waals surface area (Å²) < 4.78 is 10.7. The monoisotopic (exact) mass is 217 g/mol. The third-order valence-electron chi connectivity index (χ3n) is 2.88. The van der Waals surface area contributed by atoms with E-state index < -0.39 is 12.0 Å². The molecule has 0 aromatic carbocycles. The number of carboxylic acids is 1. The fraction of sp³-hybridized carbons (Fsp3) is 0.900. The fourth-order valence-corrected chi connectivity index (χ4v) is 1.68. The first-order valence-corrected chi connectivity index (χ1v) is 5.22. The lowest BCUT2D eigenvalue weighted by Crippen LogP contribution is -2.48. The van der Waals surface area contributed by atoms with Crippen molar-refractivity contribution in [2.45, 2.75) is 31.4 Å².